The highest BCUT2D eigenvalue weighted by atomic mass is 79.9. The Labute approximate surface area is 162 Å². The van der Waals surface area contributed by atoms with Crippen molar-refractivity contribution in [2.75, 3.05) is 13.2 Å². The summed E-state index contributed by atoms with van der Waals surface area (Å²) >= 11 is 3.44. The van der Waals surface area contributed by atoms with Crippen LogP contribution in [0.2, 0.25) is 0 Å². The Bertz CT molecular complexity index is 842. The standard InChI is InChI=1S/C20H26BrNO4/c1-5-7-10-26-18-16-11-14(21)8-9-15(16)19(23)22(12-13(3)4)17(18)20(24)25-6-2/h8-9,11,13H,5-7,10,12H2,1-4H3. The summed E-state index contributed by atoms with van der Waals surface area (Å²) in [5, 5.41) is 1.16. The lowest BCUT2D eigenvalue weighted by Crippen LogP contribution is -2.30. The van der Waals surface area contributed by atoms with Gasteiger partial charge in [-0.1, -0.05) is 43.1 Å². The first-order chi connectivity index (χ1) is 12.4. The summed E-state index contributed by atoms with van der Waals surface area (Å²) in [4.78, 5) is 25.8. The average molecular weight is 424 g/mol. The summed E-state index contributed by atoms with van der Waals surface area (Å²) in [7, 11) is 0. The lowest BCUT2D eigenvalue weighted by Gasteiger charge is -2.20. The zero-order valence-corrected chi connectivity index (χ0v) is 17.4. The predicted molar refractivity (Wildman–Crippen MR) is 107 cm³/mol. The Kier molecular flexibility index (Phi) is 7.26. The van der Waals surface area contributed by atoms with Crippen molar-refractivity contribution in [3.8, 4) is 5.75 Å². The van der Waals surface area contributed by atoms with Crippen LogP contribution in [-0.4, -0.2) is 23.8 Å². The van der Waals surface area contributed by atoms with Crippen molar-refractivity contribution >= 4 is 32.7 Å². The number of unbranched alkanes of at least 4 members (excludes halogenated alkanes) is 1. The number of ether oxygens (including phenoxy) is 2. The molecule has 0 saturated heterocycles. The second-order valence-corrected chi connectivity index (χ2v) is 7.52. The molecule has 142 valence electrons. The van der Waals surface area contributed by atoms with Crippen LogP contribution in [0.3, 0.4) is 0 Å². The molecule has 0 fully saturated rings. The van der Waals surface area contributed by atoms with E-state index in [4.69, 9.17) is 9.47 Å². The molecule has 26 heavy (non-hydrogen) atoms. The lowest BCUT2D eigenvalue weighted by atomic mass is 10.1. The van der Waals surface area contributed by atoms with E-state index >= 15 is 0 Å². The van der Waals surface area contributed by atoms with Gasteiger partial charge in [-0.15, -0.1) is 0 Å². The van der Waals surface area contributed by atoms with Gasteiger partial charge in [-0.25, -0.2) is 4.79 Å². The second kappa shape index (κ2) is 9.21. The third-order valence-corrected chi connectivity index (χ3v) is 4.44. The molecule has 2 rings (SSSR count). The van der Waals surface area contributed by atoms with Gasteiger partial charge in [0.1, 0.15) is 0 Å². The predicted octanol–water partition coefficient (Wildman–Crippen LogP) is 4.78. The van der Waals surface area contributed by atoms with Crippen LogP contribution in [0.25, 0.3) is 10.8 Å². The van der Waals surface area contributed by atoms with Gasteiger partial charge in [-0.3, -0.25) is 9.36 Å². The fourth-order valence-electron chi connectivity index (χ4n) is 2.79. The molecule has 0 atom stereocenters. The molecule has 0 spiro atoms. The monoisotopic (exact) mass is 423 g/mol. The topological polar surface area (TPSA) is 57.5 Å². The van der Waals surface area contributed by atoms with E-state index in [-0.39, 0.29) is 23.8 Å². The highest BCUT2D eigenvalue weighted by molar-refractivity contribution is 9.10. The minimum absolute atomic E-state index is 0.192. The smallest absolute Gasteiger partial charge is 0.358 e. The van der Waals surface area contributed by atoms with Gasteiger partial charge in [0.15, 0.2) is 11.4 Å². The van der Waals surface area contributed by atoms with E-state index in [9.17, 15) is 9.59 Å². The molecule has 6 heteroatoms. The largest absolute Gasteiger partial charge is 0.490 e. The molecule has 2 aromatic rings. The summed E-state index contributed by atoms with van der Waals surface area (Å²) in [6.07, 6.45) is 1.84. The molecule has 0 radical (unpaired) electrons. The molecule has 0 aliphatic heterocycles. The van der Waals surface area contributed by atoms with Gasteiger partial charge in [-0.05, 0) is 37.5 Å². The summed E-state index contributed by atoms with van der Waals surface area (Å²) < 4.78 is 13.6. The molecular weight excluding hydrogens is 398 g/mol. The van der Waals surface area contributed by atoms with Gasteiger partial charge in [-0.2, -0.15) is 0 Å². The number of hydrogen-bond donors (Lipinski definition) is 0. The maximum absolute atomic E-state index is 13.1. The normalized spacial score (nSPS) is 11.2. The van der Waals surface area contributed by atoms with Crippen LogP contribution in [0.15, 0.2) is 27.5 Å². The van der Waals surface area contributed by atoms with Crippen LogP contribution in [0.4, 0.5) is 0 Å². The summed E-state index contributed by atoms with van der Waals surface area (Å²) in [6.45, 7) is 8.96. The van der Waals surface area contributed by atoms with Crippen LogP contribution in [0, 0.1) is 5.92 Å². The van der Waals surface area contributed by atoms with Crippen LogP contribution >= 0.6 is 15.9 Å². The van der Waals surface area contributed by atoms with E-state index in [2.05, 4.69) is 22.9 Å². The van der Waals surface area contributed by atoms with Crippen LogP contribution in [0.1, 0.15) is 51.0 Å². The first kappa shape index (κ1) is 20.5. The van der Waals surface area contributed by atoms with Gasteiger partial charge < -0.3 is 9.47 Å². The first-order valence-corrected chi connectivity index (χ1v) is 9.85. The number of esters is 1. The Morgan fingerprint density at radius 1 is 1.23 bits per heavy atom. The maximum atomic E-state index is 13.1. The Balaban J connectivity index is 2.82. The number of halogens is 1. The van der Waals surface area contributed by atoms with Crippen molar-refractivity contribution in [2.45, 2.75) is 47.1 Å². The fourth-order valence-corrected chi connectivity index (χ4v) is 3.16. The van der Waals surface area contributed by atoms with E-state index in [1.807, 2.05) is 26.0 Å². The van der Waals surface area contributed by atoms with Crippen molar-refractivity contribution in [1.29, 1.82) is 0 Å². The number of carbonyl (C=O) groups is 1. The molecule has 0 unspecified atom stereocenters. The number of carbonyl (C=O) groups excluding carboxylic acids is 1. The number of nitrogens with zero attached hydrogens (tertiary/aromatic N) is 1. The molecule has 1 aromatic carbocycles. The van der Waals surface area contributed by atoms with E-state index in [0.29, 0.717) is 29.7 Å². The minimum atomic E-state index is -0.529. The van der Waals surface area contributed by atoms with Gasteiger partial charge in [0.25, 0.3) is 5.56 Å². The molecule has 0 N–H and O–H groups in total. The molecule has 0 saturated carbocycles. The molecule has 0 amide bonds. The molecular formula is C20H26BrNO4. The quantitative estimate of drug-likeness (QED) is 0.452. The lowest BCUT2D eigenvalue weighted by molar-refractivity contribution is 0.0505. The second-order valence-electron chi connectivity index (χ2n) is 6.60. The van der Waals surface area contributed by atoms with E-state index in [1.54, 1.807) is 13.0 Å². The fraction of sp³-hybridized carbons (Fsp3) is 0.500. The first-order valence-electron chi connectivity index (χ1n) is 9.06. The average Bonchev–Trinajstić information content (AvgIpc) is 2.58. The van der Waals surface area contributed by atoms with Crippen molar-refractivity contribution in [1.82, 2.24) is 4.57 Å². The molecule has 1 heterocycles. The van der Waals surface area contributed by atoms with Gasteiger partial charge in [0.2, 0.25) is 0 Å². The molecule has 5 nitrogen and oxygen atoms in total. The number of aromatic nitrogens is 1. The van der Waals surface area contributed by atoms with Gasteiger partial charge >= 0.3 is 5.97 Å². The van der Waals surface area contributed by atoms with E-state index in [0.717, 1.165) is 17.3 Å². The van der Waals surface area contributed by atoms with Crippen molar-refractivity contribution < 1.29 is 14.3 Å². The maximum Gasteiger partial charge on any atom is 0.358 e. The van der Waals surface area contributed by atoms with E-state index in [1.165, 1.54) is 4.57 Å². The zero-order chi connectivity index (χ0) is 19.3. The van der Waals surface area contributed by atoms with Crippen LogP contribution in [-0.2, 0) is 11.3 Å². The molecule has 0 aliphatic carbocycles. The number of hydrogen-bond acceptors (Lipinski definition) is 4. The van der Waals surface area contributed by atoms with Crippen LogP contribution < -0.4 is 10.3 Å². The number of rotatable bonds is 8. The van der Waals surface area contributed by atoms with Crippen molar-refractivity contribution in [3.05, 3.63) is 38.7 Å². The number of pyridine rings is 1. The van der Waals surface area contributed by atoms with Gasteiger partial charge in [0.05, 0.1) is 18.6 Å². The highest BCUT2D eigenvalue weighted by Crippen LogP contribution is 2.31. The Morgan fingerprint density at radius 3 is 2.58 bits per heavy atom. The Hall–Kier alpha value is -1.82. The van der Waals surface area contributed by atoms with Crippen molar-refractivity contribution in [2.24, 2.45) is 5.92 Å². The molecule has 0 aliphatic rings. The minimum Gasteiger partial charge on any atom is -0.490 e. The summed E-state index contributed by atoms with van der Waals surface area (Å²) in [5.41, 5.74) is -0.000604. The zero-order valence-electron chi connectivity index (χ0n) is 15.8. The third kappa shape index (κ3) is 4.47. The van der Waals surface area contributed by atoms with Crippen molar-refractivity contribution in [3.63, 3.8) is 0 Å². The third-order valence-electron chi connectivity index (χ3n) is 3.95. The summed E-state index contributed by atoms with van der Waals surface area (Å²) in [5.74, 6) is 0.0874. The number of benzene rings is 1. The summed E-state index contributed by atoms with van der Waals surface area (Å²) in [6, 6.07) is 5.41. The molecule has 1 aromatic heterocycles. The molecule has 0 bridgehead atoms. The highest BCUT2D eigenvalue weighted by Gasteiger charge is 2.25. The van der Waals surface area contributed by atoms with Gasteiger partial charge in [0, 0.05) is 16.4 Å². The SMILES string of the molecule is CCCCOc1c(C(=O)OCC)n(CC(C)C)c(=O)c2ccc(Br)cc12. The van der Waals surface area contributed by atoms with E-state index < -0.39 is 5.97 Å². The number of fused-ring (bicyclic) bond motifs is 1. The van der Waals surface area contributed by atoms with Crippen LogP contribution in [0.5, 0.6) is 5.75 Å². The Morgan fingerprint density at radius 2 is 1.96 bits per heavy atom.